The molecule has 0 spiro atoms. The minimum Gasteiger partial charge on any atom is -0.357 e. The third-order valence-corrected chi connectivity index (χ3v) is 4.50. The SMILES string of the molecule is CCNC(=O)c1ccc(CN=C(NCC)NCCc2cccs2)cc1.I. The maximum absolute atomic E-state index is 11.8. The molecule has 0 radical (unpaired) electrons. The molecule has 0 fully saturated rings. The van der Waals surface area contributed by atoms with Crippen molar-refractivity contribution in [2.45, 2.75) is 26.8 Å². The smallest absolute Gasteiger partial charge is 0.251 e. The fourth-order valence-electron chi connectivity index (χ4n) is 2.30. The second-order valence-electron chi connectivity index (χ2n) is 5.51. The summed E-state index contributed by atoms with van der Waals surface area (Å²) in [6.45, 7) is 6.84. The molecule has 0 saturated carbocycles. The number of rotatable bonds is 8. The average Bonchev–Trinajstić information content (AvgIpc) is 3.14. The van der Waals surface area contributed by atoms with E-state index in [1.165, 1.54) is 4.88 Å². The summed E-state index contributed by atoms with van der Waals surface area (Å²) in [4.78, 5) is 17.7. The highest BCUT2D eigenvalue weighted by Crippen LogP contribution is 2.08. The molecular weight excluding hydrogens is 459 g/mol. The fraction of sp³-hybridized carbons (Fsp3) is 0.368. The van der Waals surface area contributed by atoms with Gasteiger partial charge in [-0.15, -0.1) is 35.3 Å². The van der Waals surface area contributed by atoms with Gasteiger partial charge >= 0.3 is 0 Å². The Hall–Kier alpha value is -1.61. The summed E-state index contributed by atoms with van der Waals surface area (Å²) in [6.07, 6.45) is 0.989. The molecular formula is C19H27IN4OS. The van der Waals surface area contributed by atoms with Gasteiger partial charge in [-0.25, -0.2) is 4.99 Å². The number of amides is 1. The lowest BCUT2D eigenvalue weighted by atomic mass is 10.1. The molecule has 1 aromatic heterocycles. The molecule has 1 aromatic carbocycles. The standard InChI is InChI=1S/C19H26N4OS.HI/c1-3-20-18(24)16-9-7-15(8-10-16)14-23-19(21-4-2)22-12-11-17-6-5-13-25-17;/h5-10,13H,3-4,11-12,14H2,1-2H3,(H,20,24)(H2,21,22,23);1H. The number of carbonyl (C=O) groups excluding carboxylic acids is 1. The monoisotopic (exact) mass is 486 g/mol. The molecule has 7 heteroatoms. The number of nitrogens with one attached hydrogen (secondary N) is 3. The highest BCUT2D eigenvalue weighted by atomic mass is 127. The van der Waals surface area contributed by atoms with Crippen molar-refractivity contribution in [3.05, 3.63) is 57.8 Å². The van der Waals surface area contributed by atoms with Crippen molar-refractivity contribution in [2.24, 2.45) is 4.99 Å². The lowest BCUT2D eigenvalue weighted by Gasteiger charge is -2.11. The predicted molar refractivity (Wildman–Crippen MR) is 121 cm³/mol. The Morgan fingerprint density at radius 2 is 1.77 bits per heavy atom. The molecule has 0 bridgehead atoms. The van der Waals surface area contributed by atoms with Crippen LogP contribution in [-0.2, 0) is 13.0 Å². The number of halogens is 1. The molecule has 0 aliphatic rings. The van der Waals surface area contributed by atoms with Gasteiger partial charge in [-0.2, -0.15) is 0 Å². The molecule has 0 unspecified atom stereocenters. The van der Waals surface area contributed by atoms with E-state index in [2.05, 4.69) is 45.4 Å². The minimum absolute atomic E-state index is 0. The maximum atomic E-state index is 11.8. The summed E-state index contributed by atoms with van der Waals surface area (Å²) in [7, 11) is 0. The van der Waals surface area contributed by atoms with Crippen LogP contribution >= 0.6 is 35.3 Å². The van der Waals surface area contributed by atoms with Gasteiger partial charge in [0.1, 0.15) is 0 Å². The second-order valence-corrected chi connectivity index (χ2v) is 6.54. The summed E-state index contributed by atoms with van der Waals surface area (Å²) in [6, 6.07) is 11.8. The third kappa shape index (κ3) is 7.74. The first kappa shape index (κ1) is 22.4. The van der Waals surface area contributed by atoms with Crippen molar-refractivity contribution in [2.75, 3.05) is 19.6 Å². The van der Waals surface area contributed by atoms with Crippen molar-refractivity contribution in [1.29, 1.82) is 0 Å². The molecule has 0 saturated heterocycles. The molecule has 0 aliphatic carbocycles. The number of hydrogen-bond acceptors (Lipinski definition) is 3. The number of benzene rings is 1. The zero-order valence-electron chi connectivity index (χ0n) is 15.2. The van der Waals surface area contributed by atoms with Gasteiger partial charge in [-0.3, -0.25) is 4.79 Å². The molecule has 2 aromatic rings. The van der Waals surface area contributed by atoms with Crippen LogP contribution in [0.15, 0.2) is 46.8 Å². The Kier molecular flexibility index (Phi) is 11.0. The van der Waals surface area contributed by atoms with Crippen LogP contribution in [0.5, 0.6) is 0 Å². The van der Waals surface area contributed by atoms with Gasteiger partial charge in [0.15, 0.2) is 5.96 Å². The lowest BCUT2D eigenvalue weighted by Crippen LogP contribution is -2.38. The van der Waals surface area contributed by atoms with Crippen LogP contribution in [-0.4, -0.2) is 31.5 Å². The average molecular weight is 486 g/mol. The van der Waals surface area contributed by atoms with Crippen LogP contribution in [0.1, 0.15) is 34.6 Å². The summed E-state index contributed by atoms with van der Waals surface area (Å²) in [5, 5.41) is 11.5. The van der Waals surface area contributed by atoms with Crippen LogP contribution < -0.4 is 16.0 Å². The number of aliphatic imine (C=N–C) groups is 1. The Morgan fingerprint density at radius 1 is 1.04 bits per heavy atom. The fourth-order valence-corrected chi connectivity index (χ4v) is 3.00. The van der Waals surface area contributed by atoms with Crippen molar-refractivity contribution in [1.82, 2.24) is 16.0 Å². The third-order valence-electron chi connectivity index (χ3n) is 3.56. The first-order valence-corrected chi connectivity index (χ1v) is 9.52. The first-order chi connectivity index (χ1) is 12.2. The Bertz CT molecular complexity index is 671. The van der Waals surface area contributed by atoms with E-state index in [0.29, 0.717) is 18.7 Å². The largest absolute Gasteiger partial charge is 0.357 e. The van der Waals surface area contributed by atoms with E-state index in [9.17, 15) is 4.79 Å². The number of nitrogens with zero attached hydrogens (tertiary/aromatic N) is 1. The van der Waals surface area contributed by atoms with Gasteiger partial charge in [0.2, 0.25) is 0 Å². The van der Waals surface area contributed by atoms with Crippen molar-refractivity contribution < 1.29 is 4.79 Å². The zero-order valence-corrected chi connectivity index (χ0v) is 18.4. The van der Waals surface area contributed by atoms with E-state index in [1.54, 1.807) is 11.3 Å². The molecule has 1 heterocycles. The lowest BCUT2D eigenvalue weighted by molar-refractivity contribution is 0.0956. The van der Waals surface area contributed by atoms with Crippen LogP contribution in [0.3, 0.4) is 0 Å². The number of guanidine groups is 1. The number of thiophene rings is 1. The van der Waals surface area contributed by atoms with E-state index in [0.717, 1.165) is 31.0 Å². The minimum atomic E-state index is -0.0406. The molecule has 142 valence electrons. The molecule has 1 amide bonds. The van der Waals surface area contributed by atoms with Gasteiger partial charge in [-0.1, -0.05) is 18.2 Å². The van der Waals surface area contributed by atoms with Crippen LogP contribution in [0, 0.1) is 0 Å². The highest BCUT2D eigenvalue weighted by molar-refractivity contribution is 14.0. The van der Waals surface area contributed by atoms with Crippen LogP contribution in [0.25, 0.3) is 0 Å². The number of hydrogen-bond donors (Lipinski definition) is 3. The summed E-state index contributed by atoms with van der Waals surface area (Å²) < 4.78 is 0. The normalized spacial score (nSPS) is 10.8. The summed E-state index contributed by atoms with van der Waals surface area (Å²) in [5.41, 5.74) is 1.75. The molecule has 3 N–H and O–H groups in total. The second kappa shape index (κ2) is 12.7. The van der Waals surface area contributed by atoms with E-state index in [4.69, 9.17) is 0 Å². The first-order valence-electron chi connectivity index (χ1n) is 8.64. The van der Waals surface area contributed by atoms with Crippen molar-refractivity contribution in [3.8, 4) is 0 Å². The van der Waals surface area contributed by atoms with E-state index in [-0.39, 0.29) is 29.9 Å². The van der Waals surface area contributed by atoms with Gasteiger partial charge < -0.3 is 16.0 Å². The van der Waals surface area contributed by atoms with Crippen molar-refractivity contribution >= 4 is 47.2 Å². The Balaban J connectivity index is 0.00000338. The molecule has 2 rings (SSSR count). The quantitative estimate of drug-likeness (QED) is 0.305. The van der Waals surface area contributed by atoms with E-state index < -0.39 is 0 Å². The van der Waals surface area contributed by atoms with Gasteiger partial charge in [0.05, 0.1) is 6.54 Å². The Labute approximate surface area is 176 Å². The predicted octanol–water partition coefficient (Wildman–Crippen LogP) is 3.41. The number of carbonyl (C=O) groups is 1. The highest BCUT2D eigenvalue weighted by Gasteiger charge is 2.04. The molecule has 26 heavy (non-hydrogen) atoms. The molecule has 5 nitrogen and oxygen atoms in total. The van der Waals surface area contributed by atoms with Crippen molar-refractivity contribution in [3.63, 3.8) is 0 Å². The van der Waals surface area contributed by atoms with Crippen LogP contribution in [0.4, 0.5) is 0 Å². The Morgan fingerprint density at radius 3 is 2.38 bits per heavy atom. The molecule has 0 atom stereocenters. The topological polar surface area (TPSA) is 65.5 Å². The summed E-state index contributed by atoms with van der Waals surface area (Å²) >= 11 is 1.77. The summed E-state index contributed by atoms with van der Waals surface area (Å²) in [5.74, 6) is 0.771. The van der Waals surface area contributed by atoms with Crippen LogP contribution in [0.2, 0.25) is 0 Å². The maximum Gasteiger partial charge on any atom is 0.251 e. The molecule has 0 aliphatic heterocycles. The van der Waals surface area contributed by atoms with Gasteiger partial charge in [0.25, 0.3) is 5.91 Å². The zero-order chi connectivity index (χ0) is 17.9. The van der Waals surface area contributed by atoms with E-state index in [1.807, 2.05) is 31.2 Å². The van der Waals surface area contributed by atoms with Gasteiger partial charge in [0, 0.05) is 30.1 Å². The van der Waals surface area contributed by atoms with Gasteiger partial charge in [-0.05, 0) is 49.4 Å². The van der Waals surface area contributed by atoms with E-state index >= 15 is 0 Å².